The van der Waals surface area contributed by atoms with Crippen molar-refractivity contribution in [2.45, 2.75) is 18.8 Å². The van der Waals surface area contributed by atoms with Crippen LogP contribution in [0.3, 0.4) is 0 Å². The molecule has 1 aromatic rings. The van der Waals surface area contributed by atoms with Gasteiger partial charge in [-0.15, -0.1) is 0 Å². The maximum absolute atomic E-state index is 9.73. The van der Waals surface area contributed by atoms with Gasteiger partial charge >= 0.3 is 0 Å². The second-order valence-electron chi connectivity index (χ2n) is 3.47. The number of aliphatic hydroxyl groups excluding tert-OH is 3. The number of hydrogen-bond donors (Lipinski definition) is 4. The first-order valence-corrected chi connectivity index (χ1v) is 4.89. The molecule has 0 saturated heterocycles. The molecular weight excluding hydrogens is 226 g/mol. The molecule has 0 radical (unpaired) electrons. The van der Waals surface area contributed by atoms with Crippen LogP contribution in [0.5, 0.6) is 5.75 Å². The van der Waals surface area contributed by atoms with Gasteiger partial charge in [0.15, 0.2) is 0 Å². The highest BCUT2D eigenvalue weighted by Crippen LogP contribution is 2.24. The van der Waals surface area contributed by atoms with Crippen LogP contribution in [-0.2, 0) is 6.61 Å². The fourth-order valence-electron chi connectivity index (χ4n) is 1.36. The molecule has 7 nitrogen and oxygen atoms in total. The number of aliphatic hydroxyl groups is 3. The number of hydrogen-bond acceptors (Lipinski definition) is 5. The molecular formula is C10H13N3O4. The lowest BCUT2D eigenvalue weighted by atomic mass is 10.0. The largest absolute Gasteiger partial charge is 0.508 e. The van der Waals surface area contributed by atoms with Gasteiger partial charge in [0.05, 0.1) is 19.3 Å². The van der Waals surface area contributed by atoms with Crippen LogP contribution in [0, 0.1) is 0 Å². The molecule has 1 aromatic carbocycles. The Hall–Kier alpha value is -1.79. The van der Waals surface area contributed by atoms with Crippen molar-refractivity contribution in [2.75, 3.05) is 6.54 Å². The van der Waals surface area contributed by atoms with E-state index in [0.29, 0.717) is 5.56 Å². The van der Waals surface area contributed by atoms with Gasteiger partial charge in [-0.3, -0.25) is 0 Å². The number of benzene rings is 1. The summed E-state index contributed by atoms with van der Waals surface area (Å²) in [5, 5.41) is 40.6. The van der Waals surface area contributed by atoms with E-state index in [2.05, 4.69) is 10.0 Å². The second kappa shape index (κ2) is 6.07. The topological polar surface area (TPSA) is 130 Å². The second-order valence-corrected chi connectivity index (χ2v) is 3.47. The van der Waals surface area contributed by atoms with E-state index in [1.165, 1.54) is 18.2 Å². The molecule has 0 fully saturated rings. The number of azide groups is 1. The highest BCUT2D eigenvalue weighted by Gasteiger charge is 2.18. The zero-order valence-electron chi connectivity index (χ0n) is 8.93. The Balaban J connectivity index is 2.88. The highest BCUT2D eigenvalue weighted by atomic mass is 16.3. The zero-order valence-corrected chi connectivity index (χ0v) is 8.93. The minimum absolute atomic E-state index is 0.0898. The monoisotopic (exact) mass is 239 g/mol. The predicted octanol–water partition coefficient (Wildman–Crippen LogP) is 0.589. The molecule has 2 unspecified atom stereocenters. The van der Waals surface area contributed by atoms with Gasteiger partial charge in [0.1, 0.15) is 11.9 Å². The van der Waals surface area contributed by atoms with Gasteiger partial charge in [-0.05, 0) is 23.2 Å². The molecule has 1 rings (SSSR count). The fraction of sp³-hybridized carbons (Fsp3) is 0.400. The molecule has 17 heavy (non-hydrogen) atoms. The third kappa shape index (κ3) is 3.33. The fourth-order valence-corrected chi connectivity index (χ4v) is 1.36. The van der Waals surface area contributed by atoms with Crippen molar-refractivity contribution in [1.82, 2.24) is 0 Å². The average Bonchev–Trinajstić information content (AvgIpc) is 2.35. The van der Waals surface area contributed by atoms with E-state index in [4.69, 9.17) is 10.6 Å². The summed E-state index contributed by atoms with van der Waals surface area (Å²) in [6, 6.07) is 4.10. The number of aromatic hydroxyl groups is 1. The van der Waals surface area contributed by atoms with Crippen LogP contribution in [0.25, 0.3) is 10.4 Å². The molecule has 92 valence electrons. The molecule has 0 aliphatic carbocycles. The van der Waals surface area contributed by atoms with Gasteiger partial charge in [0.25, 0.3) is 0 Å². The molecule has 4 N–H and O–H groups in total. The maximum Gasteiger partial charge on any atom is 0.121 e. The summed E-state index contributed by atoms with van der Waals surface area (Å²) in [6.07, 6.45) is -2.48. The molecule has 0 amide bonds. The summed E-state index contributed by atoms with van der Waals surface area (Å²) >= 11 is 0. The van der Waals surface area contributed by atoms with E-state index < -0.39 is 12.2 Å². The first-order valence-electron chi connectivity index (χ1n) is 4.89. The van der Waals surface area contributed by atoms with Crippen LogP contribution >= 0.6 is 0 Å². The van der Waals surface area contributed by atoms with E-state index in [9.17, 15) is 15.3 Å². The van der Waals surface area contributed by atoms with Gasteiger partial charge in [0.2, 0.25) is 0 Å². The number of phenols is 1. The van der Waals surface area contributed by atoms with E-state index >= 15 is 0 Å². The van der Waals surface area contributed by atoms with E-state index in [1.807, 2.05) is 0 Å². The maximum atomic E-state index is 9.73. The normalized spacial score (nSPS) is 13.8. The standard InChI is InChI=1S/C10H13N3O4/c11-13-12-4-9(16)10(17)6-1-2-8(15)7(3-6)5-14/h1-3,9-10,14-17H,4-5H2. The Morgan fingerprint density at radius 3 is 2.65 bits per heavy atom. The number of rotatable bonds is 5. The van der Waals surface area contributed by atoms with E-state index in [0.717, 1.165) is 0 Å². The molecule has 0 saturated carbocycles. The summed E-state index contributed by atoms with van der Waals surface area (Å²) < 4.78 is 0. The third-order valence-electron chi connectivity index (χ3n) is 2.31. The van der Waals surface area contributed by atoms with Crippen molar-refractivity contribution in [3.8, 4) is 5.75 Å². The molecule has 0 bridgehead atoms. The van der Waals surface area contributed by atoms with E-state index in [1.54, 1.807) is 0 Å². The summed E-state index contributed by atoms with van der Waals surface area (Å²) in [7, 11) is 0. The summed E-state index contributed by atoms with van der Waals surface area (Å²) in [5.74, 6) is -0.0898. The first kappa shape index (κ1) is 13.3. The van der Waals surface area contributed by atoms with Crippen LogP contribution < -0.4 is 0 Å². The van der Waals surface area contributed by atoms with E-state index in [-0.39, 0.29) is 24.5 Å². The smallest absolute Gasteiger partial charge is 0.121 e. The third-order valence-corrected chi connectivity index (χ3v) is 2.31. The Morgan fingerprint density at radius 1 is 1.35 bits per heavy atom. The minimum Gasteiger partial charge on any atom is -0.508 e. The molecule has 7 heteroatoms. The van der Waals surface area contributed by atoms with Gasteiger partial charge in [-0.1, -0.05) is 11.2 Å². The van der Waals surface area contributed by atoms with Crippen LogP contribution in [0.1, 0.15) is 17.2 Å². The summed E-state index contributed by atoms with van der Waals surface area (Å²) in [6.45, 7) is -0.633. The van der Waals surface area contributed by atoms with Crippen molar-refractivity contribution in [2.24, 2.45) is 5.11 Å². The van der Waals surface area contributed by atoms with Gasteiger partial charge in [-0.2, -0.15) is 0 Å². The lowest BCUT2D eigenvalue weighted by Gasteiger charge is -2.17. The van der Waals surface area contributed by atoms with Crippen molar-refractivity contribution in [1.29, 1.82) is 0 Å². The van der Waals surface area contributed by atoms with Crippen molar-refractivity contribution < 1.29 is 20.4 Å². The van der Waals surface area contributed by atoms with Crippen molar-refractivity contribution in [3.05, 3.63) is 39.8 Å². The number of nitrogens with zero attached hydrogens (tertiary/aromatic N) is 3. The van der Waals surface area contributed by atoms with Crippen LogP contribution in [0.4, 0.5) is 0 Å². The van der Waals surface area contributed by atoms with Gasteiger partial charge in [0, 0.05) is 10.5 Å². The predicted molar refractivity (Wildman–Crippen MR) is 59.0 cm³/mol. The van der Waals surface area contributed by atoms with Crippen LogP contribution in [0.15, 0.2) is 23.3 Å². The quantitative estimate of drug-likeness (QED) is 0.340. The Morgan fingerprint density at radius 2 is 2.06 bits per heavy atom. The molecule has 0 aromatic heterocycles. The average molecular weight is 239 g/mol. The zero-order chi connectivity index (χ0) is 12.8. The minimum atomic E-state index is -1.24. The van der Waals surface area contributed by atoms with Gasteiger partial charge in [-0.25, -0.2) is 0 Å². The summed E-state index contributed by atoms with van der Waals surface area (Å²) in [4.78, 5) is 2.47. The molecule has 2 atom stereocenters. The Bertz CT molecular complexity index is 432. The summed E-state index contributed by atoms with van der Waals surface area (Å²) in [5.41, 5.74) is 8.66. The lowest BCUT2D eigenvalue weighted by Crippen LogP contribution is -2.21. The Labute approximate surface area is 97.2 Å². The molecule has 0 aliphatic heterocycles. The Kier molecular flexibility index (Phi) is 4.74. The molecule has 0 spiro atoms. The lowest BCUT2D eigenvalue weighted by molar-refractivity contribution is 0.0243. The van der Waals surface area contributed by atoms with Crippen molar-refractivity contribution >= 4 is 0 Å². The molecule has 0 heterocycles. The van der Waals surface area contributed by atoms with Crippen LogP contribution in [-0.4, -0.2) is 33.1 Å². The first-order chi connectivity index (χ1) is 8.10. The SMILES string of the molecule is [N-]=[N+]=NCC(O)C(O)c1ccc(O)c(CO)c1. The highest BCUT2D eigenvalue weighted by molar-refractivity contribution is 5.36. The molecule has 0 aliphatic rings. The van der Waals surface area contributed by atoms with Gasteiger partial charge < -0.3 is 20.4 Å². The van der Waals surface area contributed by atoms with Crippen LogP contribution in [0.2, 0.25) is 0 Å². The van der Waals surface area contributed by atoms with Crippen molar-refractivity contribution in [3.63, 3.8) is 0 Å².